The zero-order valence-corrected chi connectivity index (χ0v) is 18.8. The van der Waals surface area contributed by atoms with Gasteiger partial charge in [-0.3, -0.25) is 4.98 Å². The quantitative estimate of drug-likeness (QED) is 0.595. The van der Waals surface area contributed by atoms with Gasteiger partial charge in [-0.05, 0) is 46.8 Å². The minimum atomic E-state index is -3.86. The van der Waals surface area contributed by atoms with Gasteiger partial charge in [0.1, 0.15) is 5.75 Å². The third-order valence-electron chi connectivity index (χ3n) is 5.93. The molecule has 0 saturated carbocycles. The van der Waals surface area contributed by atoms with Crippen molar-refractivity contribution in [1.82, 2.24) is 8.96 Å². The highest BCUT2D eigenvalue weighted by molar-refractivity contribution is 7.90. The molecule has 30 heavy (non-hydrogen) atoms. The molecule has 0 spiro atoms. The normalized spacial score (nSPS) is 18.1. The lowest BCUT2D eigenvalue weighted by Crippen LogP contribution is -2.41. The van der Waals surface area contributed by atoms with E-state index in [4.69, 9.17) is 14.0 Å². The van der Waals surface area contributed by atoms with Crippen LogP contribution in [0.1, 0.15) is 33.3 Å². The van der Waals surface area contributed by atoms with Crippen LogP contribution >= 0.6 is 0 Å². The molecule has 0 atom stereocenters. The van der Waals surface area contributed by atoms with Crippen LogP contribution in [0.3, 0.4) is 0 Å². The van der Waals surface area contributed by atoms with Crippen LogP contribution in [0.5, 0.6) is 5.75 Å². The van der Waals surface area contributed by atoms with Gasteiger partial charge in [0.05, 0.1) is 40.4 Å². The summed E-state index contributed by atoms with van der Waals surface area (Å²) in [6.07, 6.45) is 3.09. The third-order valence-corrected chi connectivity index (χ3v) is 7.62. The first kappa shape index (κ1) is 20.9. The predicted octanol–water partition coefficient (Wildman–Crippen LogP) is 2.89. The number of nitrogens with zero attached hydrogens (tertiary/aromatic N) is 2. The summed E-state index contributed by atoms with van der Waals surface area (Å²) in [6, 6.07) is 8.39. The SMILES string of the molecule is COc1cnc2c(B3OC(C)(C)C(C)(C)O3)cn(S(=O)(=O)c3ccc(C)cc3)c2c1. The maximum Gasteiger partial charge on any atom is 0.498 e. The Morgan fingerprint density at radius 3 is 2.23 bits per heavy atom. The molecule has 3 aromatic rings. The molecule has 3 heterocycles. The molecule has 1 aliphatic rings. The second-order valence-electron chi connectivity index (χ2n) is 8.53. The molecule has 0 unspecified atom stereocenters. The van der Waals surface area contributed by atoms with Crippen molar-refractivity contribution in [2.24, 2.45) is 0 Å². The fraction of sp³-hybridized carbons (Fsp3) is 0.381. The first-order valence-corrected chi connectivity index (χ1v) is 11.1. The van der Waals surface area contributed by atoms with Gasteiger partial charge in [-0.15, -0.1) is 0 Å². The minimum Gasteiger partial charge on any atom is -0.495 e. The first-order chi connectivity index (χ1) is 14.0. The molecule has 0 amide bonds. The van der Waals surface area contributed by atoms with Crippen LogP contribution in [0.4, 0.5) is 0 Å². The van der Waals surface area contributed by atoms with Crippen LogP contribution in [0.25, 0.3) is 11.0 Å². The lowest BCUT2D eigenvalue weighted by atomic mass is 9.80. The average Bonchev–Trinajstić information content (AvgIpc) is 3.16. The lowest BCUT2D eigenvalue weighted by molar-refractivity contribution is 0.00578. The number of aryl methyl sites for hydroxylation is 1. The first-order valence-electron chi connectivity index (χ1n) is 9.69. The second kappa shape index (κ2) is 6.83. The largest absolute Gasteiger partial charge is 0.498 e. The fourth-order valence-corrected chi connectivity index (χ4v) is 4.72. The van der Waals surface area contributed by atoms with Crippen LogP contribution < -0.4 is 10.2 Å². The molecule has 1 saturated heterocycles. The van der Waals surface area contributed by atoms with Gasteiger partial charge in [0.25, 0.3) is 10.0 Å². The molecule has 1 aromatic carbocycles. The average molecular weight is 428 g/mol. The molecule has 158 valence electrons. The number of benzene rings is 1. The van der Waals surface area contributed by atoms with Crippen LogP contribution in [0, 0.1) is 6.92 Å². The van der Waals surface area contributed by atoms with Gasteiger partial charge >= 0.3 is 7.12 Å². The Bertz CT molecular complexity index is 1200. The lowest BCUT2D eigenvalue weighted by Gasteiger charge is -2.32. The van der Waals surface area contributed by atoms with Gasteiger partial charge in [-0.1, -0.05) is 17.7 Å². The summed E-state index contributed by atoms with van der Waals surface area (Å²) in [5, 5.41) is 0. The molecule has 9 heteroatoms. The number of rotatable bonds is 4. The van der Waals surface area contributed by atoms with E-state index in [2.05, 4.69) is 4.98 Å². The third kappa shape index (κ3) is 3.21. The highest BCUT2D eigenvalue weighted by Gasteiger charge is 2.52. The van der Waals surface area contributed by atoms with Crippen molar-refractivity contribution in [1.29, 1.82) is 0 Å². The van der Waals surface area contributed by atoms with Crippen molar-refractivity contribution in [3.05, 3.63) is 48.3 Å². The van der Waals surface area contributed by atoms with Crippen molar-refractivity contribution in [3.63, 3.8) is 0 Å². The number of ether oxygens (including phenoxy) is 1. The maximum absolute atomic E-state index is 13.5. The van der Waals surface area contributed by atoms with Crippen LogP contribution in [0.2, 0.25) is 0 Å². The van der Waals surface area contributed by atoms with Crippen molar-refractivity contribution in [2.75, 3.05) is 7.11 Å². The molecule has 2 aromatic heterocycles. The molecule has 0 bridgehead atoms. The summed E-state index contributed by atoms with van der Waals surface area (Å²) in [5.74, 6) is 0.460. The molecule has 0 N–H and O–H groups in total. The van der Waals surface area contributed by atoms with Crippen LogP contribution in [-0.4, -0.2) is 42.8 Å². The monoisotopic (exact) mass is 428 g/mol. The van der Waals surface area contributed by atoms with Crippen molar-refractivity contribution in [2.45, 2.75) is 50.7 Å². The van der Waals surface area contributed by atoms with E-state index >= 15 is 0 Å². The van der Waals surface area contributed by atoms with Crippen molar-refractivity contribution < 1.29 is 22.5 Å². The van der Waals surface area contributed by atoms with E-state index in [1.54, 1.807) is 36.5 Å². The Morgan fingerprint density at radius 1 is 1.07 bits per heavy atom. The number of pyridine rings is 1. The molecule has 1 aliphatic heterocycles. The van der Waals surface area contributed by atoms with E-state index in [0.717, 1.165) is 5.56 Å². The molecular weight excluding hydrogens is 403 g/mol. The maximum atomic E-state index is 13.5. The smallest absolute Gasteiger partial charge is 0.495 e. The molecule has 0 aliphatic carbocycles. The summed E-state index contributed by atoms with van der Waals surface area (Å²) in [4.78, 5) is 4.65. The van der Waals surface area contributed by atoms with Gasteiger partial charge < -0.3 is 14.0 Å². The number of hydrogen-bond donors (Lipinski definition) is 0. The topological polar surface area (TPSA) is 79.7 Å². The van der Waals surface area contributed by atoms with Gasteiger partial charge in [0.15, 0.2) is 0 Å². The molecule has 0 radical (unpaired) electrons. The Balaban J connectivity index is 1.92. The van der Waals surface area contributed by atoms with E-state index in [9.17, 15) is 8.42 Å². The number of fused-ring (bicyclic) bond motifs is 1. The summed E-state index contributed by atoms with van der Waals surface area (Å²) in [6.45, 7) is 9.71. The summed E-state index contributed by atoms with van der Waals surface area (Å²) in [7, 11) is -3.09. The van der Waals surface area contributed by atoms with Crippen molar-refractivity contribution >= 4 is 33.6 Å². The molecule has 1 fully saturated rings. The van der Waals surface area contributed by atoms with E-state index in [0.29, 0.717) is 22.2 Å². The van der Waals surface area contributed by atoms with Gasteiger partial charge in [0, 0.05) is 17.7 Å². The van der Waals surface area contributed by atoms with E-state index in [-0.39, 0.29) is 4.90 Å². The highest BCUT2D eigenvalue weighted by Crippen LogP contribution is 2.37. The second-order valence-corrected chi connectivity index (χ2v) is 10.3. The Labute approximate surface area is 177 Å². The summed E-state index contributed by atoms with van der Waals surface area (Å²) in [5.41, 5.74) is 1.31. The van der Waals surface area contributed by atoms with E-state index < -0.39 is 28.3 Å². The zero-order chi connectivity index (χ0) is 21.9. The molecule has 4 rings (SSSR count). The Kier molecular flexibility index (Phi) is 4.76. The minimum absolute atomic E-state index is 0.188. The number of hydrogen-bond acceptors (Lipinski definition) is 6. The zero-order valence-electron chi connectivity index (χ0n) is 18.0. The standard InChI is InChI=1S/C21H25BN2O5S/c1-14-7-9-16(10-8-14)30(25,26)24-13-17(19-18(24)11-15(27-6)12-23-19)22-28-20(2,3)21(4,5)29-22/h7-13H,1-6H3. The molecular formula is C21H25BN2O5S. The van der Waals surface area contributed by atoms with E-state index in [1.807, 2.05) is 34.6 Å². The Morgan fingerprint density at radius 2 is 1.67 bits per heavy atom. The predicted molar refractivity (Wildman–Crippen MR) is 116 cm³/mol. The van der Waals surface area contributed by atoms with E-state index in [1.165, 1.54) is 17.3 Å². The number of methoxy groups -OCH3 is 1. The van der Waals surface area contributed by atoms with Crippen molar-refractivity contribution in [3.8, 4) is 5.75 Å². The molecule has 7 nitrogen and oxygen atoms in total. The van der Waals surface area contributed by atoms with Gasteiger partial charge in [-0.25, -0.2) is 12.4 Å². The summed E-state index contributed by atoms with van der Waals surface area (Å²) >= 11 is 0. The van der Waals surface area contributed by atoms with Gasteiger partial charge in [-0.2, -0.15) is 0 Å². The fourth-order valence-electron chi connectivity index (χ4n) is 3.36. The Hall–Kier alpha value is -2.36. The van der Waals surface area contributed by atoms with Crippen LogP contribution in [0.15, 0.2) is 47.6 Å². The highest BCUT2D eigenvalue weighted by atomic mass is 32.2. The number of aromatic nitrogens is 2. The van der Waals surface area contributed by atoms with Gasteiger partial charge in [0.2, 0.25) is 0 Å². The van der Waals surface area contributed by atoms with Crippen LogP contribution in [-0.2, 0) is 19.3 Å². The summed E-state index contributed by atoms with van der Waals surface area (Å²) < 4.78 is 45.7.